The molecule has 112 valence electrons. The molecule has 0 saturated heterocycles. The van der Waals surface area contributed by atoms with Crippen molar-refractivity contribution in [2.75, 3.05) is 13.2 Å². The van der Waals surface area contributed by atoms with Gasteiger partial charge in [-0.15, -0.1) is 0 Å². The van der Waals surface area contributed by atoms with E-state index in [-0.39, 0.29) is 12.5 Å². The zero-order valence-corrected chi connectivity index (χ0v) is 12.6. The second-order valence-corrected chi connectivity index (χ2v) is 5.72. The number of carbonyl (C=O) groups is 1. The number of aliphatic hydroxyl groups excluding tert-OH is 1. The molecule has 1 amide bonds. The van der Waals surface area contributed by atoms with Crippen LogP contribution < -0.4 is 5.32 Å². The largest absolute Gasteiger partial charge is 0.384 e. The molecule has 0 heterocycles. The van der Waals surface area contributed by atoms with Crippen LogP contribution in [0.2, 0.25) is 0 Å². The minimum atomic E-state index is -0.197. The molecule has 2 rings (SSSR count). The van der Waals surface area contributed by atoms with Crippen molar-refractivity contribution in [3.05, 3.63) is 34.9 Å². The van der Waals surface area contributed by atoms with E-state index in [0.29, 0.717) is 17.0 Å². The molecular weight excluding hydrogens is 262 g/mol. The highest BCUT2D eigenvalue weighted by atomic mass is 16.2. The Hall–Kier alpha value is -1.79. The van der Waals surface area contributed by atoms with E-state index in [1.54, 1.807) is 0 Å². The summed E-state index contributed by atoms with van der Waals surface area (Å²) in [6.07, 6.45) is 6.30. The summed E-state index contributed by atoms with van der Waals surface area (Å²) in [5.41, 5.74) is 2.31. The van der Waals surface area contributed by atoms with Gasteiger partial charge in [-0.05, 0) is 37.8 Å². The van der Waals surface area contributed by atoms with E-state index >= 15 is 0 Å². The van der Waals surface area contributed by atoms with E-state index < -0.39 is 0 Å². The quantitative estimate of drug-likeness (QED) is 0.839. The molecule has 0 atom stereocenters. The molecule has 1 aromatic carbocycles. The Kier molecular flexibility index (Phi) is 5.83. The first kappa shape index (κ1) is 15.6. The number of aliphatic hydroxyl groups is 1. The average molecular weight is 285 g/mol. The third-order valence-electron chi connectivity index (χ3n) is 4.00. The van der Waals surface area contributed by atoms with Crippen molar-refractivity contribution in [1.29, 1.82) is 0 Å². The van der Waals surface area contributed by atoms with Crippen LogP contribution >= 0.6 is 0 Å². The summed E-state index contributed by atoms with van der Waals surface area (Å²) >= 11 is 0. The van der Waals surface area contributed by atoms with Gasteiger partial charge in [-0.2, -0.15) is 0 Å². The third kappa shape index (κ3) is 4.61. The van der Waals surface area contributed by atoms with Crippen molar-refractivity contribution in [2.24, 2.45) is 5.92 Å². The molecule has 0 bridgehead atoms. The first-order chi connectivity index (χ1) is 10.2. The lowest BCUT2D eigenvalue weighted by atomic mass is 9.89. The Morgan fingerprint density at radius 1 is 1.33 bits per heavy atom. The second kappa shape index (κ2) is 7.85. The fourth-order valence-corrected chi connectivity index (χ4v) is 2.81. The number of hydrogen-bond acceptors (Lipinski definition) is 2. The number of rotatable bonds is 3. The molecule has 1 saturated carbocycles. The first-order valence-corrected chi connectivity index (χ1v) is 7.69. The summed E-state index contributed by atoms with van der Waals surface area (Å²) in [5.74, 6) is 6.01. The molecule has 2 N–H and O–H groups in total. The van der Waals surface area contributed by atoms with E-state index in [1.165, 1.54) is 32.1 Å². The molecule has 0 aliphatic heterocycles. The van der Waals surface area contributed by atoms with Crippen LogP contribution in [-0.2, 0) is 0 Å². The topological polar surface area (TPSA) is 49.3 Å². The van der Waals surface area contributed by atoms with Crippen molar-refractivity contribution in [3.8, 4) is 11.8 Å². The van der Waals surface area contributed by atoms with Gasteiger partial charge in [-0.3, -0.25) is 4.79 Å². The van der Waals surface area contributed by atoms with Crippen LogP contribution in [0.1, 0.15) is 53.6 Å². The zero-order valence-electron chi connectivity index (χ0n) is 12.6. The molecule has 0 radical (unpaired) electrons. The molecule has 1 fully saturated rings. The molecule has 1 aliphatic carbocycles. The van der Waals surface area contributed by atoms with Crippen LogP contribution in [0.5, 0.6) is 0 Å². The van der Waals surface area contributed by atoms with Gasteiger partial charge in [0.2, 0.25) is 0 Å². The molecule has 0 unspecified atom stereocenters. The van der Waals surface area contributed by atoms with Gasteiger partial charge in [0.15, 0.2) is 0 Å². The van der Waals surface area contributed by atoms with Crippen LogP contribution in [0, 0.1) is 24.7 Å². The number of benzene rings is 1. The monoisotopic (exact) mass is 285 g/mol. The lowest BCUT2D eigenvalue weighted by Crippen LogP contribution is -2.30. The van der Waals surface area contributed by atoms with Crippen molar-refractivity contribution in [2.45, 2.75) is 39.0 Å². The maximum absolute atomic E-state index is 12.4. The van der Waals surface area contributed by atoms with Gasteiger partial charge >= 0.3 is 0 Å². The van der Waals surface area contributed by atoms with Crippen molar-refractivity contribution in [3.63, 3.8) is 0 Å². The number of aryl methyl sites for hydroxylation is 1. The smallest absolute Gasteiger partial charge is 0.252 e. The molecule has 1 aliphatic rings. The summed E-state index contributed by atoms with van der Waals surface area (Å²) in [4.78, 5) is 12.4. The maximum Gasteiger partial charge on any atom is 0.252 e. The minimum absolute atomic E-state index is 0.0634. The van der Waals surface area contributed by atoms with Gasteiger partial charge in [-0.1, -0.05) is 42.7 Å². The zero-order chi connectivity index (χ0) is 15.1. The van der Waals surface area contributed by atoms with Gasteiger partial charge in [0.05, 0.1) is 5.56 Å². The lowest BCUT2D eigenvalue weighted by molar-refractivity contribution is 0.0943. The second-order valence-electron chi connectivity index (χ2n) is 5.72. The minimum Gasteiger partial charge on any atom is -0.384 e. The van der Waals surface area contributed by atoms with Crippen molar-refractivity contribution < 1.29 is 9.90 Å². The SMILES string of the molecule is Cc1ccc(C#CCO)c(C(=O)NCC2CCCCC2)c1. The summed E-state index contributed by atoms with van der Waals surface area (Å²) in [7, 11) is 0. The fraction of sp³-hybridized carbons (Fsp3) is 0.500. The normalized spacial score (nSPS) is 15.1. The molecule has 3 heteroatoms. The maximum atomic E-state index is 12.4. The Morgan fingerprint density at radius 3 is 2.81 bits per heavy atom. The summed E-state index contributed by atoms with van der Waals surface area (Å²) < 4.78 is 0. The van der Waals surface area contributed by atoms with Gasteiger partial charge < -0.3 is 10.4 Å². The van der Waals surface area contributed by atoms with Gasteiger partial charge in [0.1, 0.15) is 6.61 Å². The summed E-state index contributed by atoms with van der Waals surface area (Å²) in [5, 5.41) is 11.9. The number of nitrogens with one attached hydrogen (secondary N) is 1. The van der Waals surface area contributed by atoms with Gasteiger partial charge in [0.25, 0.3) is 5.91 Å². The predicted octanol–water partition coefficient (Wildman–Crippen LogP) is 2.65. The number of hydrogen-bond donors (Lipinski definition) is 2. The Bertz CT molecular complexity index is 548. The molecular formula is C18H23NO2. The Labute approximate surface area is 126 Å². The Balaban J connectivity index is 2.04. The van der Waals surface area contributed by atoms with Crippen LogP contribution in [0.4, 0.5) is 0 Å². The van der Waals surface area contributed by atoms with Crippen LogP contribution in [0.25, 0.3) is 0 Å². The van der Waals surface area contributed by atoms with E-state index in [9.17, 15) is 4.79 Å². The molecule has 0 spiro atoms. The predicted molar refractivity (Wildman–Crippen MR) is 84.1 cm³/mol. The van der Waals surface area contributed by atoms with Crippen LogP contribution in [0.15, 0.2) is 18.2 Å². The summed E-state index contributed by atoms with van der Waals surface area (Å²) in [6, 6.07) is 5.63. The highest BCUT2D eigenvalue weighted by molar-refractivity contribution is 5.96. The van der Waals surface area contributed by atoms with Gasteiger partial charge in [0, 0.05) is 12.1 Å². The third-order valence-corrected chi connectivity index (χ3v) is 4.00. The van der Waals surface area contributed by atoms with Crippen LogP contribution in [0.3, 0.4) is 0 Å². The lowest BCUT2D eigenvalue weighted by Gasteiger charge is -2.21. The highest BCUT2D eigenvalue weighted by Crippen LogP contribution is 2.23. The standard InChI is InChI=1S/C18H23NO2/c1-14-9-10-16(8-5-11-20)17(12-14)18(21)19-13-15-6-3-2-4-7-15/h9-10,12,15,20H,2-4,6-7,11,13H2,1H3,(H,19,21). The molecule has 1 aromatic rings. The molecule has 3 nitrogen and oxygen atoms in total. The number of carbonyl (C=O) groups excluding carboxylic acids is 1. The van der Waals surface area contributed by atoms with E-state index in [2.05, 4.69) is 17.2 Å². The van der Waals surface area contributed by atoms with Crippen molar-refractivity contribution >= 4 is 5.91 Å². The molecule has 21 heavy (non-hydrogen) atoms. The average Bonchev–Trinajstić information content (AvgIpc) is 2.52. The Morgan fingerprint density at radius 2 is 2.10 bits per heavy atom. The van der Waals surface area contributed by atoms with E-state index in [4.69, 9.17) is 5.11 Å². The summed E-state index contributed by atoms with van der Waals surface area (Å²) in [6.45, 7) is 2.51. The first-order valence-electron chi connectivity index (χ1n) is 7.69. The number of amides is 1. The van der Waals surface area contributed by atoms with Crippen LogP contribution in [-0.4, -0.2) is 24.2 Å². The van der Waals surface area contributed by atoms with E-state index in [0.717, 1.165) is 12.1 Å². The highest BCUT2D eigenvalue weighted by Gasteiger charge is 2.16. The van der Waals surface area contributed by atoms with Gasteiger partial charge in [-0.25, -0.2) is 0 Å². The molecule has 0 aromatic heterocycles. The van der Waals surface area contributed by atoms with Crippen molar-refractivity contribution in [1.82, 2.24) is 5.32 Å². The fourth-order valence-electron chi connectivity index (χ4n) is 2.81. The van der Waals surface area contributed by atoms with E-state index in [1.807, 2.05) is 25.1 Å².